The lowest BCUT2D eigenvalue weighted by atomic mass is 9.80. The van der Waals surface area contributed by atoms with Gasteiger partial charge in [-0.05, 0) is 56.4 Å². The Morgan fingerprint density at radius 2 is 1.69 bits per heavy atom. The van der Waals surface area contributed by atoms with Crippen LogP contribution in [0.1, 0.15) is 82.7 Å². The summed E-state index contributed by atoms with van der Waals surface area (Å²) in [5.41, 5.74) is 2.61. The van der Waals surface area contributed by atoms with Gasteiger partial charge in [-0.25, -0.2) is 4.79 Å². The summed E-state index contributed by atoms with van der Waals surface area (Å²) in [6.07, 6.45) is 4.72. The zero-order valence-corrected chi connectivity index (χ0v) is 23.3. The van der Waals surface area contributed by atoms with E-state index in [0.29, 0.717) is 25.8 Å². The second-order valence-electron chi connectivity index (χ2n) is 11.7. The monoisotopic (exact) mass is 526 g/mol. The summed E-state index contributed by atoms with van der Waals surface area (Å²) < 4.78 is 6.15. The Morgan fingerprint density at radius 3 is 2.23 bits per heavy atom. The standard InChI is InChI=1S/C33H38N2O4/c1-5-29(36)32(17-18-32)28-16-15-26(21-34-28)25-13-11-24(12-14-25)23(2)35-20-19-33(39-30(35)37,22-31(3,4)38)27-9-7-6-8-10-27/h6-16,21,23,38H,5,17-20,22H2,1-4H3/t23-,33-/m0/s1. The number of nitrogens with zero attached hydrogens (tertiary/aromatic N) is 2. The maximum absolute atomic E-state index is 13.3. The number of aliphatic hydroxyl groups is 1. The number of carbonyl (C=O) groups excluding carboxylic acids is 2. The summed E-state index contributed by atoms with van der Waals surface area (Å²) in [6, 6.07) is 21.8. The van der Waals surface area contributed by atoms with Crippen LogP contribution in [0.4, 0.5) is 4.79 Å². The predicted octanol–water partition coefficient (Wildman–Crippen LogP) is 6.72. The molecule has 6 heteroatoms. The number of pyridine rings is 1. The molecule has 5 rings (SSSR count). The second-order valence-corrected chi connectivity index (χ2v) is 11.7. The third-order valence-corrected chi connectivity index (χ3v) is 8.34. The molecular weight excluding hydrogens is 488 g/mol. The molecule has 2 aliphatic rings. The van der Waals surface area contributed by atoms with Crippen molar-refractivity contribution >= 4 is 11.9 Å². The van der Waals surface area contributed by atoms with Gasteiger partial charge < -0.3 is 14.7 Å². The molecule has 1 aliphatic heterocycles. The maximum atomic E-state index is 13.3. The minimum absolute atomic E-state index is 0.169. The quantitative estimate of drug-likeness (QED) is 0.335. The lowest BCUT2D eigenvalue weighted by Crippen LogP contribution is -2.51. The van der Waals surface area contributed by atoms with Crippen LogP contribution in [0.2, 0.25) is 0 Å². The van der Waals surface area contributed by atoms with Crippen LogP contribution in [0, 0.1) is 0 Å². The lowest BCUT2D eigenvalue weighted by Gasteiger charge is -2.45. The van der Waals surface area contributed by atoms with Crippen molar-refractivity contribution in [2.24, 2.45) is 0 Å². The van der Waals surface area contributed by atoms with Crippen molar-refractivity contribution in [2.75, 3.05) is 6.54 Å². The molecule has 1 aromatic heterocycles. The van der Waals surface area contributed by atoms with E-state index < -0.39 is 11.2 Å². The van der Waals surface area contributed by atoms with Gasteiger partial charge in [0.15, 0.2) is 0 Å². The molecule has 1 amide bonds. The second kappa shape index (κ2) is 10.2. The van der Waals surface area contributed by atoms with Gasteiger partial charge in [0, 0.05) is 37.6 Å². The third-order valence-electron chi connectivity index (χ3n) is 8.34. The van der Waals surface area contributed by atoms with Crippen molar-refractivity contribution in [3.8, 4) is 11.1 Å². The molecular formula is C33H38N2O4. The first-order chi connectivity index (χ1) is 18.6. The molecule has 1 saturated heterocycles. The highest BCUT2D eigenvalue weighted by molar-refractivity contribution is 5.92. The molecule has 39 heavy (non-hydrogen) atoms. The van der Waals surface area contributed by atoms with Crippen molar-refractivity contribution < 1.29 is 19.4 Å². The van der Waals surface area contributed by atoms with Gasteiger partial charge in [0.05, 0.1) is 22.8 Å². The average Bonchev–Trinajstić information content (AvgIpc) is 3.74. The Morgan fingerprint density at radius 1 is 1.03 bits per heavy atom. The summed E-state index contributed by atoms with van der Waals surface area (Å²) in [4.78, 5) is 32.2. The normalized spacial score (nSPS) is 21.3. The summed E-state index contributed by atoms with van der Waals surface area (Å²) in [5.74, 6) is 0.276. The van der Waals surface area contributed by atoms with Gasteiger partial charge >= 0.3 is 6.09 Å². The summed E-state index contributed by atoms with van der Waals surface area (Å²) in [6.45, 7) is 7.95. The van der Waals surface area contributed by atoms with Gasteiger partial charge in [-0.2, -0.15) is 0 Å². The van der Waals surface area contributed by atoms with Crippen LogP contribution in [0.25, 0.3) is 11.1 Å². The van der Waals surface area contributed by atoms with Crippen molar-refractivity contribution in [3.63, 3.8) is 0 Å². The minimum atomic E-state index is -0.989. The number of ether oxygens (including phenoxy) is 1. The Bertz CT molecular complexity index is 1320. The molecule has 1 aliphatic carbocycles. The highest BCUT2D eigenvalue weighted by Gasteiger charge is 2.51. The number of amides is 1. The molecule has 1 N–H and O–H groups in total. The van der Waals surface area contributed by atoms with Gasteiger partial charge in [-0.1, -0.05) is 67.6 Å². The number of Topliss-reactive ketones (excluding diaryl/α,β-unsaturated/α-hetero) is 1. The smallest absolute Gasteiger partial charge is 0.411 e. The van der Waals surface area contributed by atoms with Gasteiger partial charge in [0.1, 0.15) is 11.4 Å². The largest absolute Gasteiger partial charge is 0.438 e. The molecule has 1 saturated carbocycles. The predicted molar refractivity (Wildman–Crippen MR) is 151 cm³/mol. The van der Waals surface area contributed by atoms with Crippen LogP contribution >= 0.6 is 0 Å². The van der Waals surface area contributed by atoms with Crippen molar-refractivity contribution in [3.05, 3.63) is 89.7 Å². The van der Waals surface area contributed by atoms with Crippen molar-refractivity contribution in [2.45, 2.75) is 82.5 Å². The molecule has 2 heterocycles. The molecule has 6 nitrogen and oxygen atoms in total. The number of carbonyl (C=O) groups is 2. The van der Waals surface area contributed by atoms with E-state index in [2.05, 4.69) is 4.98 Å². The highest BCUT2D eigenvalue weighted by atomic mass is 16.6. The van der Waals surface area contributed by atoms with E-state index in [-0.39, 0.29) is 23.3 Å². The summed E-state index contributed by atoms with van der Waals surface area (Å²) in [7, 11) is 0. The number of hydrogen-bond acceptors (Lipinski definition) is 5. The van der Waals surface area contributed by atoms with Crippen molar-refractivity contribution in [1.29, 1.82) is 0 Å². The molecule has 2 atom stereocenters. The van der Waals surface area contributed by atoms with E-state index in [9.17, 15) is 14.7 Å². The van der Waals surface area contributed by atoms with Crippen LogP contribution in [-0.4, -0.2) is 39.0 Å². The Labute approximate surface area is 231 Å². The number of benzene rings is 2. The zero-order chi connectivity index (χ0) is 27.8. The van der Waals surface area contributed by atoms with Crippen molar-refractivity contribution in [1.82, 2.24) is 9.88 Å². The van der Waals surface area contributed by atoms with Crippen LogP contribution in [0.3, 0.4) is 0 Å². The van der Waals surface area contributed by atoms with Gasteiger partial charge in [-0.15, -0.1) is 0 Å². The SMILES string of the molecule is CCC(=O)C1(c2ccc(-c3ccc([C@H](C)N4CC[C@](CC(C)(C)O)(c5ccccc5)OC4=O)cc3)cn2)CC1. The Kier molecular flexibility index (Phi) is 7.10. The van der Waals surface area contributed by atoms with E-state index in [1.54, 1.807) is 18.7 Å². The van der Waals surface area contributed by atoms with E-state index in [1.807, 2.05) is 86.8 Å². The first-order valence-electron chi connectivity index (χ1n) is 13.9. The number of ketones is 1. The fourth-order valence-electron chi connectivity index (χ4n) is 6.01. The van der Waals surface area contributed by atoms with E-state index in [1.165, 1.54) is 0 Å². The lowest BCUT2D eigenvalue weighted by molar-refractivity contribution is -0.121. The van der Waals surface area contributed by atoms with Crippen LogP contribution in [0.5, 0.6) is 0 Å². The zero-order valence-electron chi connectivity index (χ0n) is 23.3. The number of rotatable bonds is 9. The Hall–Kier alpha value is -3.51. The van der Waals surface area contributed by atoms with E-state index in [0.717, 1.165) is 40.8 Å². The molecule has 204 valence electrons. The molecule has 0 radical (unpaired) electrons. The number of cyclic esters (lactones) is 1. The molecule has 0 unspecified atom stereocenters. The Balaban J connectivity index is 1.30. The fraction of sp³-hybridized carbons (Fsp3) is 0.424. The van der Waals surface area contributed by atoms with Gasteiger partial charge in [0.25, 0.3) is 0 Å². The van der Waals surface area contributed by atoms with Crippen LogP contribution < -0.4 is 0 Å². The molecule has 0 spiro atoms. The average molecular weight is 527 g/mol. The molecule has 3 aromatic rings. The highest BCUT2D eigenvalue weighted by Crippen LogP contribution is 2.49. The first-order valence-corrected chi connectivity index (χ1v) is 13.9. The third kappa shape index (κ3) is 5.35. The van der Waals surface area contributed by atoms with E-state index in [4.69, 9.17) is 4.74 Å². The minimum Gasteiger partial charge on any atom is -0.438 e. The van der Waals surface area contributed by atoms with Crippen LogP contribution in [-0.2, 0) is 20.5 Å². The number of aromatic nitrogens is 1. The maximum Gasteiger partial charge on any atom is 0.411 e. The molecule has 0 bridgehead atoms. The number of hydrogen-bond donors (Lipinski definition) is 1. The molecule has 2 fully saturated rings. The van der Waals surface area contributed by atoms with E-state index >= 15 is 0 Å². The summed E-state index contributed by atoms with van der Waals surface area (Å²) in [5, 5.41) is 10.6. The first kappa shape index (κ1) is 27.1. The summed E-state index contributed by atoms with van der Waals surface area (Å²) >= 11 is 0. The topological polar surface area (TPSA) is 79.7 Å². The van der Waals surface area contributed by atoms with Gasteiger partial charge in [0.2, 0.25) is 0 Å². The van der Waals surface area contributed by atoms with Gasteiger partial charge in [-0.3, -0.25) is 9.78 Å². The van der Waals surface area contributed by atoms with Crippen LogP contribution in [0.15, 0.2) is 72.9 Å². The fourth-order valence-corrected chi connectivity index (χ4v) is 6.01. The molecule has 2 aromatic carbocycles.